The molecule has 0 heterocycles. The van der Waals surface area contributed by atoms with Crippen molar-refractivity contribution in [3.8, 4) is 5.75 Å². The maximum atomic E-state index is 14.1. The number of halogens is 1. The summed E-state index contributed by atoms with van der Waals surface area (Å²) in [6, 6.07) is 5.09. The van der Waals surface area contributed by atoms with Gasteiger partial charge in [0.05, 0.1) is 13.2 Å². The third-order valence-electron chi connectivity index (χ3n) is 2.91. The molecule has 0 fully saturated rings. The molecule has 0 aliphatic carbocycles. The highest BCUT2D eigenvalue weighted by Crippen LogP contribution is 2.27. The number of benzene rings is 1. The zero-order chi connectivity index (χ0) is 12.8. The van der Waals surface area contributed by atoms with Crippen molar-refractivity contribution in [2.75, 3.05) is 21.3 Å². The van der Waals surface area contributed by atoms with Crippen molar-refractivity contribution in [2.45, 2.75) is 25.5 Å². The summed E-state index contributed by atoms with van der Waals surface area (Å²) < 4.78 is 24.2. The van der Waals surface area contributed by atoms with Crippen LogP contribution in [0.25, 0.3) is 0 Å². The van der Waals surface area contributed by atoms with Gasteiger partial charge in [-0.1, -0.05) is 12.1 Å². The molecule has 0 saturated heterocycles. The Balaban J connectivity index is 2.95. The van der Waals surface area contributed by atoms with Crippen molar-refractivity contribution in [1.82, 2.24) is 5.32 Å². The largest absolute Gasteiger partial charge is 0.494 e. The lowest BCUT2D eigenvalue weighted by Crippen LogP contribution is -2.23. The first-order chi connectivity index (χ1) is 8.13. The van der Waals surface area contributed by atoms with E-state index in [1.807, 2.05) is 14.0 Å². The Bertz CT molecular complexity index is 357. The van der Waals surface area contributed by atoms with Gasteiger partial charge in [0, 0.05) is 18.7 Å². The first kappa shape index (κ1) is 13.9. The molecule has 96 valence electrons. The van der Waals surface area contributed by atoms with Crippen LogP contribution in [-0.4, -0.2) is 27.4 Å². The van der Waals surface area contributed by atoms with Gasteiger partial charge in [0.1, 0.15) is 0 Å². The van der Waals surface area contributed by atoms with Gasteiger partial charge in [-0.2, -0.15) is 0 Å². The third-order valence-corrected chi connectivity index (χ3v) is 2.91. The van der Waals surface area contributed by atoms with Crippen LogP contribution in [0.4, 0.5) is 4.39 Å². The molecule has 1 aromatic rings. The first-order valence-corrected chi connectivity index (χ1v) is 5.66. The minimum Gasteiger partial charge on any atom is -0.494 e. The van der Waals surface area contributed by atoms with E-state index in [1.165, 1.54) is 7.11 Å². The molecule has 0 aliphatic heterocycles. The Hall–Kier alpha value is -1.13. The fourth-order valence-electron chi connectivity index (χ4n) is 1.78. The molecule has 1 rings (SSSR count). The lowest BCUT2D eigenvalue weighted by Gasteiger charge is -2.21. The highest BCUT2D eigenvalue weighted by molar-refractivity contribution is 5.33. The maximum absolute atomic E-state index is 14.1. The number of rotatable bonds is 6. The average molecular weight is 241 g/mol. The Morgan fingerprint density at radius 1 is 1.35 bits per heavy atom. The van der Waals surface area contributed by atoms with Crippen molar-refractivity contribution < 1.29 is 13.9 Å². The number of ether oxygens (including phenoxy) is 2. The third kappa shape index (κ3) is 3.41. The zero-order valence-corrected chi connectivity index (χ0v) is 10.8. The minimum absolute atomic E-state index is 0.0676. The van der Waals surface area contributed by atoms with E-state index < -0.39 is 0 Å². The molecule has 2 atom stereocenters. The Labute approximate surface area is 102 Å². The molecule has 0 saturated carbocycles. The van der Waals surface area contributed by atoms with E-state index >= 15 is 0 Å². The van der Waals surface area contributed by atoms with Crippen LogP contribution in [0.1, 0.15) is 24.9 Å². The van der Waals surface area contributed by atoms with Crippen molar-refractivity contribution in [3.05, 3.63) is 29.6 Å². The van der Waals surface area contributed by atoms with Gasteiger partial charge in [-0.25, -0.2) is 4.39 Å². The van der Waals surface area contributed by atoms with Crippen LogP contribution in [0.15, 0.2) is 18.2 Å². The molecule has 3 nitrogen and oxygen atoms in total. The fourth-order valence-corrected chi connectivity index (χ4v) is 1.78. The Kier molecular flexibility index (Phi) is 5.38. The molecule has 0 aromatic heterocycles. The van der Waals surface area contributed by atoms with E-state index in [9.17, 15) is 4.39 Å². The second kappa shape index (κ2) is 6.57. The van der Waals surface area contributed by atoms with Gasteiger partial charge >= 0.3 is 0 Å². The molecule has 2 unspecified atom stereocenters. The standard InChI is InChI=1S/C13H20FNO2/c1-9(16-3)8-11(15-2)10-6-5-7-12(17-4)13(10)14/h5-7,9,11,15H,8H2,1-4H3. The predicted octanol–water partition coefficient (Wildman–Crippen LogP) is 2.52. The van der Waals surface area contributed by atoms with Crippen LogP contribution in [-0.2, 0) is 4.74 Å². The monoisotopic (exact) mass is 241 g/mol. The smallest absolute Gasteiger partial charge is 0.169 e. The molecular weight excluding hydrogens is 221 g/mol. The Morgan fingerprint density at radius 3 is 2.59 bits per heavy atom. The van der Waals surface area contributed by atoms with Gasteiger partial charge in [0.2, 0.25) is 0 Å². The van der Waals surface area contributed by atoms with E-state index in [0.717, 1.165) is 0 Å². The van der Waals surface area contributed by atoms with Gasteiger partial charge < -0.3 is 14.8 Å². The Morgan fingerprint density at radius 2 is 2.06 bits per heavy atom. The summed E-state index contributed by atoms with van der Waals surface area (Å²) in [4.78, 5) is 0. The normalized spacial score (nSPS) is 14.4. The zero-order valence-electron chi connectivity index (χ0n) is 10.8. The second-order valence-corrected chi connectivity index (χ2v) is 3.99. The van der Waals surface area contributed by atoms with Crippen LogP contribution in [0, 0.1) is 5.82 Å². The summed E-state index contributed by atoms with van der Waals surface area (Å²) in [5, 5.41) is 3.10. The van der Waals surface area contributed by atoms with Crippen LogP contribution < -0.4 is 10.1 Å². The molecule has 1 N–H and O–H groups in total. The number of hydrogen-bond donors (Lipinski definition) is 1. The fraction of sp³-hybridized carbons (Fsp3) is 0.538. The molecule has 0 radical (unpaired) electrons. The highest BCUT2D eigenvalue weighted by Gasteiger charge is 2.19. The quantitative estimate of drug-likeness (QED) is 0.830. The first-order valence-electron chi connectivity index (χ1n) is 5.66. The SMILES string of the molecule is CNC(CC(C)OC)c1cccc(OC)c1F. The van der Waals surface area contributed by atoms with E-state index in [-0.39, 0.29) is 23.7 Å². The van der Waals surface area contributed by atoms with E-state index in [2.05, 4.69) is 5.32 Å². The van der Waals surface area contributed by atoms with Crippen molar-refractivity contribution in [1.29, 1.82) is 0 Å². The lowest BCUT2D eigenvalue weighted by molar-refractivity contribution is 0.101. The molecule has 0 amide bonds. The van der Waals surface area contributed by atoms with Crippen LogP contribution in [0.2, 0.25) is 0 Å². The topological polar surface area (TPSA) is 30.5 Å². The molecule has 17 heavy (non-hydrogen) atoms. The van der Waals surface area contributed by atoms with Crippen molar-refractivity contribution in [3.63, 3.8) is 0 Å². The van der Waals surface area contributed by atoms with Crippen molar-refractivity contribution >= 4 is 0 Å². The number of nitrogens with one attached hydrogen (secondary N) is 1. The highest BCUT2D eigenvalue weighted by atomic mass is 19.1. The molecule has 4 heteroatoms. The summed E-state index contributed by atoms with van der Waals surface area (Å²) in [6.07, 6.45) is 0.773. The van der Waals surface area contributed by atoms with Crippen molar-refractivity contribution in [2.24, 2.45) is 0 Å². The van der Waals surface area contributed by atoms with E-state index in [1.54, 1.807) is 25.3 Å². The molecule has 0 bridgehead atoms. The van der Waals surface area contributed by atoms with Crippen LogP contribution >= 0.6 is 0 Å². The average Bonchev–Trinajstić information content (AvgIpc) is 2.36. The second-order valence-electron chi connectivity index (χ2n) is 3.99. The summed E-state index contributed by atoms with van der Waals surface area (Å²) in [5.74, 6) is -0.0366. The number of hydrogen-bond acceptors (Lipinski definition) is 3. The van der Waals surface area contributed by atoms with E-state index in [0.29, 0.717) is 12.0 Å². The summed E-state index contributed by atoms with van der Waals surface area (Å²) in [5.41, 5.74) is 0.607. The maximum Gasteiger partial charge on any atom is 0.169 e. The molecule has 1 aromatic carbocycles. The summed E-state index contributed by atoms with van der Waals surface area (Å²) in [7, 11) is 4.93. The molecular formula is C13H20FNO2. The summed E-state index contributed by atoms with van der Waals surface area (Å²) >= 11 is 0. The van der Waals surface area contributed by atoms with Crippen LogP contribution in [0.3, 0.4) is 0 Å². The van der Waals surface area contributed by atoms with Gasteiger partial charge in [0.15, 0.2) is 11.6 Å². The van der Waals surface area contributed by atoms with E-state index in [4.69, 9.17) is 9.47 Å². The van der Waals surface area contributed by atoms with Gasteiger partial charge in [-0.3, -0.25) is 0 Å². The number of methoxy groups -OCH3 is 2. The molecule has 0 spiro atoms. The summed E-state index contributed by atoms with van der Waals surface area (Å²) in [6.45, 7) is 1.96. The van der Waals surface area contributed by atoms with Gasteiger partial charge in [-0.15, -0.1) is 0 Å². The van der Waals surface area contributed by atoms with Gasteiger partial charge in [0.25, 0.3) is 0 Å². The predicted molar refractivity (Wildman–Crippen MR) is 65.8 cm³/mol. The minimum atomic E-state index is -0.308. The lowest BCUT2D eigenvalue weighted by atomic mass is 10.0. The molecule has 0 aliphatic rings. The van der Waals surface area contributed by atoms with Crippen LogP contribution in [0.5, 0.6) is 5.75 Å². The van der Waals surface area contributed by atoms with Gasteiger partial charge in [-0.05, 0) is 26.5 Å².